The van der Waals surface area contributed by atoms with E-state index in [1.165, 1.54) is 23.8 Å². The fourth-order valence-corrected chi connectivity index (χ4v) is 5.09. The maximum Gasteiger partial charge on any atom is 0.337 e. The highest BCUT2D eigenvalue weighted by Crippen LogP contribution is 2.34. The quantitative estimate of drug-likeness (QED) is 0.775. The molecule has 1 aromatic carbocycles. The molecule has 1 N–H and O–H groups in total. The van der Waals surface area contributed by atoms with Crippen LogP contribution in [0.3, 0.4) is 0 Å². The van der Waals surface area contributed by atoms with Crippen molar-refractivity contribution in [2.45, 2.75) is 83.0 Å². The summed E-state index contributed by atoms with van der Waals surface area (Å²) in [6.45, 7) is 2.84. The molecule has 0 spiro atoms. The van der Waals surface area contributed by atoms with E-state index < -0.39 is 0 Å². The number of hydrogen-bond acceptors (Lipinski definition) is 3. The second-order valence-corrected chi connectivity index (χ2v) is 8.49. The molecular weight excluding hydrogens is 352 g/mol. The summed E-state index contributed by atoms with van der Waals surface area (Å²) in [5, 5.41) is 3.16. The van der Waals surface area contributed by atoms with Gasteiger partial charge >= 0.3 is 11.7 Å². The van der Waals surface area contributed by atoms with Gasteiger partial charge < -0.3 is 10.2 Å². The summed E-state index contributed by atoms with van der Waals surface area (Å²) < 4.78 is 3.11. The van der Waals surface area contributed by atoms with Crippen LogP contribution in [-0.2, 0) is 6.54 Å². The molecule has 2 aliphatic heterocycles. The Bertz CT molecular complexity index is 886. The number of piperidine rings is 1. The third-order valence-electron chi connectivity index (χ3n) is 6.70. The summed E-state index contributed by atoms with van der Waals surface area (Å²) in [6, 6.07) is 8.63. The van der Waals surface area contributed by atoms with Crippen molar-refractivity contribution in [1.29, 1.82) is 0 Å². The van der Waals surface area contributed by atoms with Crippen LogP contribution in [-0.4, -0.2) is 45.2 Å². The number of nitrogens with zero attached hydrogens (tertiary/aromatic N) is 3. The first kappa shape index (κ1) is 19.2. The van der Waals surface area contributed by atoms with Gasteiger partial charge in [-0.3, -0.25) is 4.57 Å². The van der Waals surface area contributed by atoms with Crippen LogP contribution in [0.2, 0.25) is 0 Å². The second kappa shape index (κ2) is 8.11. The minimum Gasteiger partial charge on any atom is -0.334 e. The van der Waals surface area contributed by atoms with Crippen LogP contribution in [0.25, 0.3) is 11.0 Å². The zero-order valence-electron chi connectivity index (χ0n) is 17.1. The Morgan fingerprint density at radius 3 is 2.43 bits per heavy atom. The molecule has 0 unspecified atom stereocenters. The van der Waals surface area contributed by atoms with Crippen LogP contribution in [0.1, 0.15) is 58.3 Å². The second-order valence-electron chi connectivity index (χ2n) is 8.49. The lowest BCUT2D eigenvalue weighted by Crippen LogP contribution is -2.50. The summed E-state index contributed by atoms with van der Waals surface area (Å²) in [6.07, 6.45) is 8.78. The average molecular weight is 385 g/mol. The molecule has 2 aromatic rings. The zero-order chi connectivity index (χ0) is 19.7. The molecule has 2 aliphatic rings. The summed E-state index contributed by atoms with van der Waals surface area (Å²) >= 11 is 0. The van der Waals surface area contributed by atoms with Crippen molar-refractivity contribution < 1.29 is 4.79 Å². The first-order chi connectivity index (χ1) is 13.6. The van der Waals surface area contributed by atoms with Gasteiger partial charge in [0.1, 0.15) is 0 Å². The van der Waals surface area contributed by atoms with E-state index in [0.717, 1.165) is 37.6 Å². The molecule has 28 heavy (non-hydrogen) atoms. The third-order valence-corrected chi connectivity index (χ3v) is 6.70. The summed E-state index contributed by atoms with van der Waals surface area (Å²) in [4.78, 5) is 28.6. The Hall–Kier alpha value is -2.08. The van der Waals surface area contributed by atoms with E-state index in [1.807, 2.05) is 24.3 Å². The minimum absolute atomic E-state index is 0.153. The van der Waals surface area contributed by atoms with Crippen molar-refractivity contribution in [3.8, 4) is 0 Å². The predicted molar refractivity (Wildman–Crippen MR) is 112 cm³/mol. The summed E-state index contributed by atoms with van der Waals surface area (Å²) in [5.74, 6) is 0. The van der Waals surface area contributed by atoms with E-state index in [-0.39, 0.29) is 17.8 Å². The van der Waals surface area contributed by atoms with E-state index in [4.69, 9.17) is 0 Å². The molecule has 3 atom stereocenters. The number of para-hydroxylation sites is 2. The van der Waals surface area contributed by atoms with E-state index in [9.17, 15) is 9.59 Å². The molecule has 0 aliphatic carbocycles. The smallest absolute Gasteiger partial charge is 0.334 e. The van der Waals surface area contributed by atoms with Crippen LogP contribution in [0.5, 0.6) is 0 Å². The zero-order valence-corrected chi connectivity index (χ0v) is 17.1. The van der Waals surface area contributed by atoms with Gasteiger partial charge in [0, 0.05) is 24.7 Å². The van der Waals surface area contributed by atoms with E-state index in [1.54, 1.807) is 4.57 Å². The van der Waals surface area contributed by atoms with Gasteiger partial charge in [0.15, 0.2) is 0 Å². The summed E-state index contributed by atoms with van der Waals surface area (Å²) in [7, 11) is 2.19. The highest BCUT2D eigenvalue weighted by Gasteiger charge is 2.39. The Balaban J connectivity index is 1.55. The van der Waals surface area contributed by atoms with E-state index in [0.29, 0.717) is 24.1 Å². The molecule has 1 amide bonds. The fraction of sp³-hybridized carbons (Fsp3) is 0.636. The SMILES string of the molecule is CCCCCCn1c(=O)n(C(=O)N[C@H]2C[C@H]3CC[C@@H](C2)N3C)c2ccccc21. The third kappa shape index (κ3) is 3.50. The monoisotopic (exact) mass is 384 g/mol. The van der Waals surface area contributed by atoms with E-state index >= 15 is 0 Å². The lowest BCUT2D eigenvalue weighted by atomic mass is 9.98. The number of rotatable bonds is 6. The van der Waals surface area contributed by atoms with Crippen molar-refractivity contribution in [3.05, 3.63) is 34.7 Å². The number of hydrogen-bond donors (Lipinski definition) is 1. The standard InChI is InChI=1S/C22H32N4O2/c1-3-4-5-8-13-25-19-9-6-7-10-20(19)26(22(25)28)21(27)23-16-14-17-11-12-18(15-16)24(17)2/h6-7,9-10,16-18H,3-5,8,11-15H2,1-2H3,(H,23,27)/t16-,17+,18-. The minimum atomic E-state index is -0.275. The van der Waals surface area contributed by atoms with Crippen molar-refractivity contribution >= 4 is 17.1 Å². The molecular formula is C22H32N4O2. The van der Waals surface area contributed by atoms with Gasteiger partial charge in [-0.25, -0.2) is 14.2 Å². The van der Waals surface area contributed by atoms with Crippen molar-refractivity contribution in [1.82, 2.24) is 19.4 Å². The van der Waals surface area contributed by atoms with Crippen molar-refractivity contribution in [2.24, 2.45) is 0 Å². The van der Waals surface area contributed by atoms with Gasteiger partial charge in [-0.15, -0.1) is 0 Å². The summed E-state index contributed by atoms with van der Waals surface area (Å²) in [5.41, 5.74) is 1.34. The molecule has 0 radical (unpaired) electrons. The molecule has 1 aromatic heterocycles. The highest BCUT2D eigenvalue weighted by molar-refractivity contribution is 5.89. The normalized spacial score (nSPS) is 24.7. The number of benzene rings is 1. The number of carbonyl (C=O) groups is 1. The Morgan fingerprint density at radius 1 is 1.07 bits per heavy atom. The number of aromatic nitrogens is 2. The molecule has 3 heterocycles. The molecule has 6 nitrogen and oxygen atoms in total. The number of imidazole rings is 1. The first-order valence-electron chi connectivity index (χ1n) is 10.8. The van der Waals surface area contributed by atoms with Gasteiger partial charge in [0.2, 0.25) is 0 Å². The average Bonchev–Trinajstić information content (AvgIpc) is 3.06. The number of unbranched alkanes of at least 4 members (excludes halogenated alkanes) is 3. The Morgan fingerprint density at radius 2 is 1.75 bits per heavy atom. The molecule has 2 saturated heterocycles. The van der Waals surface area contributed by atoms with Gasteiger partial charge in [-0.2, -0.15) is 0 Å². The molecule has 2 fully saturated rings. The van der Waals surface area contributed by atoms with Crippen LogP contribution >= 0.6 is 0 Å². The maximum atomic E-state index is 13.1. The Labute approximate surface area is 166 Å². The number of fused-ring (bicyclic) bond motifs is 3. The van der Waals surface area contributed by atoms with Crippen molar-refractivity contribution in [2.75, 3.05) is 7.05 Å². The Kier molecular flexibility index (Phi) is 5.58. The largest absolute Gasteiger partial charge is 0.337 e. The van der Waals surface area contributed by atoms with Crippen LogP contribution < -0.4 is 11.0 Å². The number of amides is 1. The lowest BCUT2D eigenvalue weighted by molar-refractivity contribution is 0.149. The molecule has 0 saturated carbocycles. The molecule has 4 rings (SSSR count). The first-order valence-corrected chi connectivity index (χ1v) is 10.8. The number of aryl methyl sites for hydroxylation is 1. The maximum absolute atomic E-state index is 13.1. The highest BCUT2D eigenvalue weighted by atomic mass is 16.2. The van der Waals surface area contributed by atoms with Gasteiger partial charge in [0.05, 0.1) is 11.0 Å². The van der Waals surface area contributed by atoms with Crippen LogP contribution in [0.15, 0.2) is 29.1 Å². The van der Waals surface area contributed by atoms with Gasteiger partial charge in [-0.1, -0.05) is 38.3 Å². The van der Waals surface area contributed by atoms with Crippen molar-refractivity contribution in [3.63, 3.8) is 0 Å². The molecule has 6 heteroatoms. The van der Waals surface area contributed by atoms with Crippen LogP contribution in [0.4, 0.5) is 4.79 Å². The van der Waals surface area contributed by atoms with E-state index in [2.05, 4.69) is 24.2 Å². The van der Waals surface area contributed by atoms with Crippen LogP contribution in [0, 0.1) is 0 Å². The lowest BCUT2D eigenvalue weighted by Gasteiger charge is -2.36. The predicted octanol–water partition coefficient (Wildman–Crippen LogP) is 3.57. The fourth-order valence-electron chi connectivity index (χ4n) is 5.09. The molecule has 2 bridgehead atoms. The van der Waals surface area contributed by atoms with Gasteiger partial charge in [0.25, 0.3) is 0 Å². The topological polar surface area (TPSA) is 59.3 Å². The number of carbonyl (C=O) groups excluding carboxylic acids is 1. The van der Waals surface area contributed by atoms with Gasteiger partial charge in [-0.05, 0) is 51.3 Å². The molecule has 152 valence electrons. The number of nitrogens with one attached hydrogen (secondary N) is 1.